The molecule has 7 heteroatoms. The van der Waals surface area contributed by atoms with Gasteiger partial charge >= 0.3 is 0 Å². The fraction of sp³-hybridized carbons (Fsp3) is 0.190. The van der Waals surface area contributed by atoms with Crippen molar-refractivity contribution in [1.29, 1.82) is 0 Å². The minimum Gasteiger partial charge on any atom is -0.324 e. The van der Waals surface area contributed by atoms with Gasteiger partial charge in [0.2, 0.25) is 5.91 Å². The highest BCUT2D eigenvalue weighted by molar-refractivity contribution is 8.19. The minimum absolute atomic E-state index is 0.128. The van der Waals surface area contributed by atoms with Crippen molar-refractivity contribution >= 4 is 35.1 Å². The van der Waals surface area contributed by atoms with Crippen molar-refractivity contribution in [3.63, 3.8) is 0 Å². The molecule has 5 nitrogen and oxygen atoms in total. The Morgan fingerprint density at radius 1 is 1.04 bits per heavy atom. The number of aromatic nitrogens is 2. The molecule has 1 saturated heterocycles. The molecule has 0 aliphatic carbocycles. The molecule has 142 valence electrons. The van der Waals surface area contributed by atoms with Gasteiger partial charge in [0.25, 0.3) is 5.56 Å². The lowest BCUT2D eigenvalue weighted by Gasteiger charge is -2.12. The van der Waals surface area contributed by atoms with E-state index in [1.807, 2.05) is 72.1 Å². The highest BCUT2D eigenvalue weighted by Crippen LogP contribution is 2.45. The van der Waals surface area contributed by atoms with Crippen LogP contribution in [0.25, 0.3) is 11.3 Å². The highest BCUT2D eigenvalue weighted by atomic mass is 32.2. The monoisotopic (exact) mass is 409 g/mol. The Balaban J connectivity index is 1.48. The van der Waals surface area contributed by atoms with E-state index in [0.717, 1.165) is 22.8 Å². The first kappa shape index (κ1) is 18.8. The van der Waals surface area contributed by atoms with Gasteiger partial charge in [-0.05, 0) is 23.8 Å². The summed E-state index contributed by atoms with van der Waals surface area (Å²) >= 11 is 3.84. The van der Waals surface area contributed by atoms with Crippen molar-refractivity contribution in [2.75, 3.05) is 16.8 Å². The summed E-state index contributed by atoms with van der Waals surface area (Å²) in [5.74, 6) is 2.03. The van der Waals surface area contributed by atoms with E-state index in [9.17, 15) is 9.59 Å². The summed E-state index contributed by atoms with van der Waals surface area (Å²) in [5.41, 5.74) is 3.19. The third kappa shape index (κ3) is 4.48. The maximum atomic E-state index is 12.5. The number of rotatable bonds is 5. The second-order valence-corrected chi connectivity index (χ2v) is 9.05. The molecule has 1 aliphatic rings. The molecular weight excluding hydrogens is 390 g/mol. The molecule has 0 radical (unpaired) electrons. The van der Waals surface area contributed by atoms with E-state index in [1.54, 1.807) is 6.07 Å². The van der Waals surface area contributed by atoms with Crippen LogP contribution in [-0.4, -0.2) is 27.2 Å². The average Bonchev–Trinajstić information content (AvgIpc) is 3.25. The number of anilines is 1. The Morgan fingerprint density at radius 2 is 1.82 bits per heavy atom. The van der Waals surface area contributed by atoms with Crippen LogP contribution in [0.3, 0.4) is 0 Å². The standard InChI is InChI=1S/C21H19N3O2S2/c25-19(22-17-8-4-7-16(13-17)21-27-11-12-28-21)14-24-20(26)10-9-18(23-24)15-5-2-1-3-6-15/h1-10,13,21H,11-12,14H2,(H,22,25). The topological polar surface area (TPSA) is 64.0 Å². The molecule has 0 bridgehead atoms. The molecule has 0 saturated carbocycles. The predicted molar refractivity (Wildman–Crippen MR) is 117 cm³/mol. The zero-order valence-electron chi connectivity index (χ0n) is 15.1. The number of nitrogens with zero attached hydrogens (tertiary/aromatic N) is 2. The number of nitrogens with one attached hydrogen (secondary N) is 1. The first-order valence-corrected chi connectivity index (χ1v) is 11.1. The number of benzene rings is 2. The SMILES string of the molecule is O=C(Cn1nc(-c2ccccc2)ccc1=O)Nc1cccc(C2SCCS2)c1. The normalized spacial score (nSPS) is 14.1. The fourth-order valence-corrected chi connectivity index (χ4v) is 5.81. The molecule has 1 N–H and O–H groups in total. The lowest BCUT2D eigenvalue weighted by molar-refractivity contribution is -0.117. The van der Waals surface area contributed by atoms with Crippen molar-refractivity contribution in [3.05, 3.63) is 82.6 Å². The van der Waals surface area contributed by atoms with Crippen LogP contribution >= 0.6 is 23.5 Å². The molecule has 3 aromatic rings. The van der Waals surface area contributed by atoms with Crippen LogP contribution in [0.5, 0.6) is 0 Å². The summed E-state index contributed by atoms with van der Waals surface area (Å²) in [5, 5.41) is 7.22. The molecule has 0 spiro atoms. The molecule has 1 amide bonds. The Morgan fingerprint density at radius 3 is 2.61 bits per heavy atom. The zero-order valence-corrected chi connectivity index (χ0v) is 16.7. The Bertz CT molecular complexity index is 1030. The Labute approximate surface area is 171 Å². The van der Waals surface area contributed by atoms with Gasteiger partial charge in [0.05, 0.1) is 10.3 Å². The smallest absolute Gasteiger partial charge is 0.267 e. The fourth-order valence-electron chi connectivity index (χ4n) is 2.98. The van der Waals surface area contributed by atoms with Crippen LogP contribution in [0, 0.1) is 0 Å². The molecular formula is C21H19N3O2S2. The first-order valence-electron chi connectivity index (χ1n) is 8.96. The second kappa shape index (κ2) is 8.67. The highest BCUT2D eigenvalue weighted by Gasteiger charge is 2.18. The molecule has 2 heterocycles. The van der Waals surface area contributed by atoms with E-state index in [2.05, 4.69) is 16.5 Å². The van der Waals surface area contributed by atoms with Crippen LogP contribution in [0.2, 0.25) is 0 Å². The number of thioether (sulfide) groups is 2. The first-order chi connectivity index (χ1) is 13.7. The number of carbonyl (C=O) groups excluding carboxylic acids is 1. The van der Waals surface area contributed by atoms with Gasteiger partial charge in [-0.1, -0.05) is 42.5 Å². The predicted octanol–water partition coefficient (Wildman–Crippen LogP) is 4.03. The van der Waals surface area contributed by atoms with Crippen LogP contribution < -0.4 is 10.9 Å². The van der Waals surface area contributed by atoms with Crippen molar-refractivity contribution < 1.29 is 4.79 Å². The molecule has 0 atom stereocenters. The van der Waals surface area contributed by atoms with Gasteiger partial charge in [-0.2, -0.15) is 5.10 Å². The van der Waals surface area contributed by atoms with Gasteiger partial charge in [0, 0.05) is 28.8 Å². The summed E-state index contributed by atoms with van der Waals surface area (Å²) < 4.78 is 1.62. The Hall–Kier alpha value is -2.51. The van der Waals surface area contributed by atoms with Gasteiger partial charge in [-0.3, -0.25) is 9.59 Å². The lowest BCUT2D eigenvalue weighted by Crippen LogP contribution is -2.29. The van der Waals surface area contributed by atoms with Crippen LogP contribution in [-0.2, 0) is 11.3 Å². The molecule has 1 fully saturated rings. The number of amides is 1. The summed E-state index contributed by atoms with van der Waals surface area (Å²) in [6.07, 6.45) is 0. The summed E-state index contributed by atoms with van der Waals surface area (Å²) in [6, 6.07) is 20.6. The lowest BCUT2D eigenvalue weighted by atomic mass is 10.1. The van der Waals surface area contributed by atoms with Gasteiger partial charge in [-0.25, -0.2) is 4.68 Å². The van der Waals surface area contributed by atoms with E-state index in [4.69, 9.17) is 0 Å². The largest absolute Gasteiger partial charge is 0.324 e. The van der Waals surface area contributed by atoms with Gasteiger partial charge in [0.1, 0.15) is 6.54 Å². The van der Waals surface area contributed by atoms with E-state index < -0.39 is 0 Å². The van der Waals surface area contributed by atoms with Crippen molar-refractivity contribution in [1.82, 2.24) is 9.78 Å². The van der Waals surface area contributed by atoms with Crippen molar-refractivity contribution in [3.8, 4) is 11.3 Å². The summed E-state index contributed by atoms with van der Waals surface area (Å²) in [7, 11) is 0. The number of hydrogen-bond acceptors (Lipinski definition) is 5. The molecule has 0 unspecified atom stereocenters. The van der Waals surface area contributed by atoms with E-state index >= 15 is 0 Å². The van der Waals surface area contributed by atoms with Gasteiger partial charge in [-0.15, -0.1) is 23.5 Å². The molecule has 1 aliphatic heterocycles. The quantitative estimate of drug-likeness (QED) is 0.689. The minimum atomic E-state index is -0.303. The van der Waals surface area contributed by atoms with Crippen LogP contribution in [0.1, 0.15) is 10.1 Å². The zero-order chi connectivity index (χ0) is 19.3. The number of hydrogen-bond donors (Lipinski definition) is 1. The van der Waals surface area contributed by atoms with E-state index in [0.29, 0.717) is 10.3 Å². The van der Waals surface area contributed by atoms with Crippen molar-refractivity contribution in [2.45, 2.75) is 11.1 Å². The average molecular weight is 410 g/mol. The molecule has 1 aromatic heterocycles. The van der Waals surface area contributed by atoms with Gasteiger partial charge in [0.15, 0.2) is 0 Å². The van der Waals surface area contributed by atoms with Gasteiger partial charge < -0.3 is 5.32 Å². The summed E-state index contributed by atoms with van der Waals surface area (Å²) in [4.78, 5) is 24.6. The van der Waals surface area contributed by atoms with Crippen LogP contribution in [0.4, 0.5) is 5.69 Å². The van der Waals surface area contributed by atoms with E-state index in [-0.39, 0.29) is 18.0 Å². The molecule has 2 aromatic carbocycles. The number of carbonyl (C=O) groups is 1. The Kier molecular flexibility index (Phi) is 5.83. The molecule has 28 heavy (non-hydrogen) atoms. The van der Waals surface area contributed by atoms with Crippen molar-refractivity contribution in [2.24, 2.45) is 0 Å². The maximum Gasteiger partial charge on any atom is 0.267 e. The summed E-state index contributed by atoms with van der Waals surface area (Å²) in [6.45, 7) is -0.128. The maximum absolute atomic E-state index is 12.5. The van der Waals surface area contributed by atoms with E-state index in [1.165, 1.54) is 16.3 Å². The second-order valence-electron chi connectivity index (χ2n) is 6.33. The third-order valence-corrected chi connectivity index (χ3v) is 7.40. The third-order valence-electron chi connectivity index (χ3n) is 4.29. The van der Waals surface area contributed by atoms with Crippen LogP contribution in [0.15, 0.2) is 71.5 Å². The molecule has 4 rings (SSSR count).